The van der Waals surface area contributed by atoms with Gasteiger partial charge in [0.1, 0.15) is 11.4 Å². The molecule has 0 saturated carbocycles. The molecule has 0 saturated heterocycles. The van der Waals surface area contributed by atoms with Crippen LogP contribution in [0.25, 0.3) is 21.9 Å². The van der Waals surface area contributed by atoms with Crippen LogP contribution in [0.5, 0.6) is 0 Å². The Labute approximate surface area is 157 Å². The Balaban J connectivity index is 1.89. The molecule has 0 aliphatic carbocycles. The minimum atomic E-state index is -0.509. The van der Waals surface area contributed by atoms with Gasteiger partial charge in [0.2, 0.25) is 0 Å². The standard InChI is InChI=1S/C20H14ClFN2O3/c1-2-11-5-18-15(8-16(11)21)12(6-19(25)27-18)9-24-10-23-17-7-13(22)3-4-14(17)20(24)26/h3-8,10H,2,9H2,1H3. The summed E-state index contributed by atoms with van der Waals surface area (Å²) in [5.74, 6) is -0.458. The maximum absolute atomic E-state index is 13.3. The van der Waals surface area contributed by atoms with Gasteiger partial charge in [0, 0.05) is 22.5 Å². The molecule has 0 bridgehead atoms. The molecule has 0 fully saturated rings. The molecule has 4 rings (SSSR count). The highest BCUT2D eigenvalue weighted by Crippen LogP contribution is 2.26. The number of fused-ring (bicyclic) bond motifs is 2. The van der Waals surface area contributed by atoms with Crippen LogP contribution >= 0.6 is 11.6 Å². The fourth-order valence-electron chi connectivity index (χ4n) is 3.12. The van der Waals surface area contributed by atoms with E-state index in [0.29, 0.717) is 33.4 Å². The lowest BCUT2D eigenvalue weighted by atomic mass is 10.1. The number of rotatable bonds is 3. The van der Waals surface area contributed by atoms with E-state index in [0.717, 1.165) is 5.56 Å². The van der Waals surface area contributed by atoms with Crippen LogP contribution < -0.4 is 11.2 Å². The molecule has 4 aromatic rings. The van der Waals surface area contributed by atoms with Crippen molar-refractivity contribution in [3.8, 4) is 0 Å². The van der Waals surface area contributed by atoms with Gasteiger partial charge in [-0.3, -0.25) is 9.36 Å². The molecule has 27 heavy (non-hydrogen) atoms. The molecule has 2 heterocycles. The summed E-state index contributed by atoms with van der Waals surface area (Å²) in [5, 5.41) is 1.53. The van der Waals surface area contributed by atoms with Crippen molar-refractivity contribution >= 4 is 33.5 Å². The molecule has 0 aliphatic heterocycles. The summed E-state index contributed by atoms with van der Waals surface area (Å²) in [4.78, 5) is 28.8. The molecule has 136 valence electrons. The van der Waals surface area contributed by atoms with Gasteiger partial charge in [-0.15, -0.1) is 0 Å². The van der Waals surface area contributed by atoms with Crippen LogP contribution in [0, 0.1) is 5.82 Å². The van der Waals surface area contributed by atoms with E-state index in [9.17, 15) is 14.0 Å². The third-order valence-electron chi connectivity index (χ3n) is 4.51. The molecule has 2 aromatic heterocycles. The van der Waals surface area contributed by atoms with E-state index in [4.69, 9.17) is 16.0 Å². The van der Waals surface area contributed by atoms with E-state index >= 15 is 0 Å². The van der Waals surface area contributed by atoms with Crippen LogP contribution in [-0.4, -0.2) is 9.55 Å². The average molecular weight is 385 g/mol. The minimum absolute atomic E-state index is 0.114. The summed E-state index contributed by atoms with van der Waals surface area (Å²) < 4.78 is 20.0. The van der Waals surface area contributed by atoms with Crippen molar-refractivity contribution in [1.29, 1.82) is 0 Å². The molecule has 2 aromatic carbocycles. The fourth-order valence-corrected chi connectivity index (χ4v) is 3.42. The SMILES string of the molecule is CCc1cc2oc(=O)cc(Cn3cnc4cc(F)ccc4c3=O)c2cc1Cl. The summed E-state index contributed by atoms with van der Waals surface area (Å²) in [6.45, 7) is 2.07. The number of nitrogens with zero attached hydrogens (tertiary/aromatic N) is 2. The smallest absolute Gasteiger partial charge is 0.336 e. The molecule has 0 spiro atoms. The summed E-state index contributed by atoms with van der Waals surface area (Å²) in [5.41, 5.74) is 1.34. The summed E-state index contributed by atoms with van der Waals surface area (Å²) in [6, 6.07) is 8.65. The largest absolute Gasteiger partial charge is 0.423 e. The van der Waals surface area contributed by atoms with Crippen molar-refractivity contribution in [3.63, 3.8) is 0 Å². The molecule has 0 aliphatic rings. The summed E-state index contributed by atoms with van der Waals surface area (Å²) in [7, 11) is 0. The molecule has 0 radical (unpaired) electrons. The zero-order valence-electron chi connectivity index (χ0n) is 14.3. The molecule has 7 heteroatoms. The number of aryl methyl sites for hydroxylation is 1. The number of aromatic nitrogens is 2. The van der Waals surface area contributed by atoms with Crippen molar-refractivity contribution in [2.45, 2.75) is 19.9 Å². The predicted molar refractivity (Wildman–Crippen MR) is 102 cm³/mol. The number of hydrogen-bond donors (Lipinski definition) is 0. The molecular formula is C20H14ClFN2O3. The topological polar surface area (TPSA) is 65.1 Å². The first-order valence-electron chi connectivity index (χ1n) is 8.36. The van der Waals surface area contributed by atoms with Gasteiger partial charge >= 0.3 is 5.63 Å². The Bertz CT molecular complexity index is 1310. The van der Waals surface area contributed by atoms with E-state index in [2.05, 4.69) is 4.98 Å². The Morgan fingerprint density at radius 3 is 2.70 bits per heavy atom. The van der Waals surface area contributed by atoms with Crippen LogP contribution in [0.2, 0.25) is 5.02 Å². The van der Waals surface area contributed by atoms with Crippen molar-refractivity contribution in [2.24, 2.45) is 0 Å². The second-order valence-electron chi connectivity index (χ2n) is 6.22. The van der Waals surface area contributed by atoms with Crippen molar-refractivity contribution in [2.75, 3.05) is 0 Å². The molecular weight excluding hydrogens is 371 g/mol. The van der Waals surface area contributed by atoms with Gasteiger partial charge in [0.15, 0.2) is 0 Å². The van der Waals surface area contributed by atoms with Crippen molar-refractivity contribution in [3.05, 3.63) is 85.5 Å². The monoisotopic (exact) mass is 384 g/mol. The summed E-state index contributed by atoms with van der Waals surface area (Å²) in [6.07, 6.45) is 2.04. The first-order valence-corrected chi connectivity index (χ1v) is 8.74. The second kappa shape index (κ2) is 6.63. The number of benzene rings is 2. The normalized spacial score (nSPS) is 11.4. The highest BCUT2D eigenvalue weighted by Gasteiger charge is 2.12. The van der Waals surface area contributed by atoms with Gasteiger partial charge in [-0.1, -0.05) is 18.5 Å². The molecule has 0 atom stereocenters. The van der Waals surface area contributed by atoms with E-state index in [-0.39, 0.29) is 17.6 Å². The van der Waals surface area contributed by atoms with Crippen molar-refractivity contribution < 1.29 is 8.81 Å². The van der Waals surface area contributed by atoms with Gasteiger partial charge < -0.3 is 4.42 Å². The third kappa shape index (κ3) is 3.13. The lowest BCUT2D eigenvalue weighted by Crippen LogP contribution is -2.22. The van der Waals surface area contributed by atoms with E-state index in [1.165, 1.54) is 35.2 Å². The Hall–Kier alpha value is -2.99. The zero-order valence-corrected chi connectivity index (χ0v) is 15.1. The first kappa shape index (κ1) is 17.4. The first-order chi connectivity index (χ1) is 13.0. The van der Waals surface area contributed by atoms with E-state index < -0.39 is 11.4 Å². The van der Waals surface area contributed by atoms with Gasteiger partial charge in [-0.25, -0.2) is 14.2 Å². The van der Waals surface area contributed by atoms with Crippen LogP contribution in [-0.2, 0) is 13.0 Å². The molecule has 0 unspecified atom stereocenters. The average Bonchev–Trinajstić information content (AvgIpc) is 2.64. The highest BCUT2D eigenvalue weighted by molar-refractivity contribution is 6.32. The second-order valence-corrected chi connectivity index (χ2v) is 6.63. The lowest BCUT2D eigenvalue weighted by molar-refractivity contribution is 0.557. The van der Waals surface area contributed by atoms with Gasteiger partial charge in [0.05, 0.1) is 23.8 Å². The maximum Gasteiger partial charge on any atom is 0.336 e. The van der Waals surface area contributed by atoms with Crippen LogP contribution in [0.15, 0.2) is 56.7 Å². The molecule has 0 N–H and O–H groups in total. The van der Waals surface area contributed by atoms with Crippen molar-refractivity contribution in [1.82, 2.24) is 9.55 Å². The number of halogens is 2. The van der Waals surface area contributed by atoms with Crippen LogP contribution in [0.1, 0.15) is 18.1 Å². The minimum Gasteiger partial charge on any atom is -0.423 e. The highest BCUT2D eigenvalue weighted by atomic mass is 35.5. The quantitative estimate of drug-likeness (QED) is 0.502. The maximum atomic E-state index is 13.3. The Morgan fingerprint density at radius 2 is 1.93 bits per heavy atom. The predicted octanol–water partition coefficient (Wildman–Crippen LogP) is 3.91. The zero-order chi connectivity index (χ0) is 19.1. The third-order valence-corrected chi connectivity index (χ3v) is 4.86. The van der Waals surface area contributed by atoms with Gasteiger partial charge in [-0.2, -0.15) is 0 Å². The fraction of sp³-hybridized carbons (Fsp3) is 0.150. The Morgan fingerprint density at radius 1 is 1.11 bits per heavy atom. The van der Waals surface area contributed by atoms with E-state index in [1.807, 2.05) is 6.92 Å². The van der Waals surface area contributed by atoms with Crippen LogP contribution in [0.4, 0.5) is 4.39 Å². The Kier molecular flexibility index (Phi) is 4.28. The lowest BCUT2D eigenvalue weighted by Gasteiger charge is -2.10. The van der Waals surface area contributed by atoms with Gasteiger partial charge in [-0.05, 0) is 41.8 Å². The van der Waals surface area contributed by atoms with Gasteiger partial charge in [0.25, 0.3) is 5.56 Å². The molecule has 5 nitrogen and oxygen atoms in total. The molecule has 0 amide bonds. The number of hydrogen-bond acceptors (Lipinski definition) is 4. The van der Waals surface area contributed by atoms with E-state index in [1.54, 1.807) is 12.1 Å². The van der Waals surface area contributed by atoms with Crippen LogP contribution in [0.3, 0.4) is 0 Å². The summed E-state index contributed by atoms with van der Waals surface area (Å²) >= 11 is 6.31.